The number of anilines is 2. The molecule has 0 aliphatic heterocycles. The predicted octanol–water partition coefficient (Wildman–Crippen LogP) is 3.71. The molecular weight excluding hydrogens is 414 g/mol. The van der Waals surface area contributed by atoms with Crippen LogP contribution in [0.25, 0.3) is 0 Å². The topological polar surface area (TPSA) is 99.5 Å². The lowest BCUT2D eigenvalue weighted by molar-refractivity contribution is -0.118. The largest absolute Gasteiger partial charge is 0.484 e. The molecule has 0 heterocycles. The number of carbonyl (C=O) groups is 1. The molecule has 0 atom stereocenters. The van der Waals surface area contributed by atoms with Crippen molar-refractivity contribution < 1.29 is 17.9 Å². The van der Waals surface area contributed by atoms with Crippen molar-refractivity contribution in [3.05, 3.63) is 83.9 Å². The van der Waals surface area contributed by atoms with E-state index in [1.807, 2.05) is 13.0 Å². The van der Waals surface area contributed by atoms with Crippen LogP contribution in [0.15, 0.2) is 77.7 Å². The van der Waals surface area contributed by atoms with Gasteiger partial charge in [-0.2, -0.15) is 5.26 Å². The quantitative estimate of drug-likeness (QED) is 0.610. The van der Waals surface area contributed by atoms with Gasteiger partial charge in [-0.25, -0.2) is 8.42 Å². The van der Waals surface area contributed by atoms with Crippen molar-refractivity contribution in [1.29, 1.82) is 5.26 Å². The molecule has 0 spiro atoms. The van der Waals surface area contributed by atoms with Crippen LogP contribution in [0.3, 0.4) is 0 Å². The van der Waals surface area contributed by atoms with Gasteiger partial charge in [0.15, 0.2) is 6.61 Å². The van der Waals surface area contributed by atoms with Crippen molar-refractivity contribution in [3.8, 4) is 11.8 Å². The van der Waals surface area contributed by atoms with Crippen molar-refractivity contribution in [1.82, 2.24) is 0 Å². The molecule has 0 unspecified atom stereocenters. The van der Waals surface area contributed by atoms with Gasteiger partial charge in [-0.15, -0.1) is 0 Å². The summed E-state index contributed by atoms with van der Waals surface area (Å²) in [4.78, 5) is 12.2. The standard InChI is InChI=1S/C23H21N3O4S/c1-17-3-13-22(14-4-17)31(28,29)26(2)20-9-11-21(12-10-20)30-16-23(27)25-19-7-5-18(15-24)6-8-19/h3-14H,16H2,1-2H3,(H,25,27). The number of nitrogens with zero attached hydrogens (tertiary/aromatic N) is 2. The Balaban J connectivity index is 1.59. The summed E-state index contributed by atoms with van der Waals surface area (Å²) < 4.78 is 32.2. The first-order valence-corrected chi connectivity index (χ1v) is 10.8. The Bertz CT molecular complexity index is 1200. The maximum Gasteiger partial charge on any atom is 0.264 e. The zero-order chi connectivity index (χ0) is 22.4. The molecule has 0 fully saturated rings. The molecule has 3 aromatic carbocycles. The van der Waals surface area contributed by atoms with E-state index in [1.54, 1.807) is 72.8 Å². The lowest BCUT2D eigenvalue weighted by Crippen LogP contribution is -2.26. The van der Waals surface area contributed by atoms with Gasteiger partial charge in [0, 0.05) is 12.7 Å². The van der Waals surface area contributed by atoms with E-state index in [0.29, 0.717) is 22.7 Å². The number of sulfonamides is 1. The van der Waals surface area contributed by atoms with Crippen LogP contribution in [0.2, 0.25) is 0 Å². The lowest BCUT2D eigenvalue weighted by Gasteiger charge is -2.20. The molecule has 3 aromatic rings. The van der Waals surface area contributed by atoms with Crippen molar-refractivity contribution in [2.75, 3.05) is 23.3 Å². The SMILES string of the molecule is Cc1ccc(S(=O)(=O)N(C)c2ccc(OCC(=O)Nc3ccc(C#N)cc3)cc2)cc1. The van der Waals surface area contributed by atoms with Crippen LogP contribution in [0.5, 0.6) is 5.75 Å². The Morgan fingerprint density at radius 1 is 1.00 bits per heavy atom. The molecule has 0 radical (unpaired) electrons. The van der Waals surface area contributed by atoms with Crippen LogP contribution < -0.4 is 14.4 Å². The van der Waals surface area contributed by atoms with Crippen LogP contribution >= 0.6 is 0 Å². The van der Waals surface area contributed by atoms with Gasteiger partial charge in [-0.1, -0.05) is 17.7 Å². The molecule has 0 aromatic heterocycles. The molecule has 0 saturated carbocycles. The molecule has 1 amide bonds. The highest BCUT2D eigenvalue weighted by molar-refractivity contribution is 7.92. The van der Waals surface area contributed by atoms with Gasteiger partial charge in [-0.05, 0) is 67.6 Å². The van der Waals surface area contributed by atoms with Gasteiger partial charge >= 0.3 is 0 Å². The first kappa shape index (κ1) is 21.9. The summed E-state index contributed by atoms with van der Waals surface area (Å²) in [5.41, 5.74) is 2.51. The van der Waals surface area contributed by atoms with E-state index in [9.17, 15) is 13.2 Å². The molecule has 158 valence electrons. The van der Waals surface area contributed by atoms with Crippen molar-refractivity contribution in [2.45, 2.75) is 11.8 Å². The normalized spacial score (nSPS) is 10.7. The van der Waals surface area contributed by atoms with E-state index in [2.05, 4.69) is 5.32 Å². The third-order valence-electron chi connectivity index (χ3n) is 4.55. The average Bonchev–Trinajstić information content (AvgIpc) is 2.78. The maximum absolute atomic E-state index is 12.8. The highest BCUT2D eigenvalue weighted by atomic mass is 32.2. The van der Waals surface area contributed by atoms with E-state index in [-0.39, 0.29) is 17.4 Å². The van der Waals surface area contributed by atoms with Gasteiger partial charge < -0.3 is 10.1 Å². The fraction of sp³-hybridized carbons (Fsp3) is 0.130. The summed E-state index contributed by atoms with van der Waals surface area (Å²) in [6.45, 7) is 1.68. The van der Waals surface area contributed by atoms with Crippen LogP contribution in [0.1, 0.15) is 11.1 Å². The smallest absolute Gasteiger partial charge is 0.264 e. The molecule has 3 rings (SSSR count). The lowest BCUT2D eigenvalue weighted by atomic mass is 10.2. The van der Waals surface area contributed by atoms with E-state index in [1.165, 1.54) is 11.4 Å². The molecule has 8 heteroatoms. The Kier molecular flexibility index (Phi) is 6.58. The first-order valence-electron chi connectivity index (χ1n) is 9.38. The molecule has 1 N–H and O–H groups in total. The van der Waals surface area contributed by atoms with Crippen LogP contribution in [-0.2, 0) is 14.8 Å². The number of hydrogen-bond donors (Lipinski definition) is 1. The van der Waals surface area contributed by atoms with E-state index in [4.69, 9.17) is 10.00 Å². The summed E-state index contributed by atoms with van der Waals surface area (Å²) in [5, 5.41) is 11.5. The number of nitrogens with one attached hydrogen (secondary N) is 1. The molecule has 7 nitrogen and oxygen atoms in total. The second-order valence-corrected chi connectivity index (χ2v) is 8.77. The minimum absolute atomic E-state index is 0.209. The minimum Gasteiger partial charge on any atom is -0.484 e. The second kappa shape index (κ2) is 9.32. The molecule has 0 aliphatic carbocycles. The minimum atomic E-state index is -3.68. The van der Waals surface area contributed by atoms with Crippen LogP contribution in [0.4, 0.5) is 11.4 Å². The Morgan fingerprint density at radius 2 is 1.61 bits per heavy atom. The summed E-state index contributed by atoms with van der Waals surface area (Å²) >= 11 is 0. The molecular formula is C23H21N3O4S. The number of rotatable bonds is 7. The van der Waals surface area contributed by atoms with Gasteiger partial charge in [0.2, 0.25) is 0 Å². The van der Waals surface area contributed by atoms with Gasteiger partial charge in [0.25, 0.3) is 15.9 Å². The number of amides is 1. The number of ether oxygens (including phenoxy) is 1. The van der Waals surface area contributed by atoms with Crippen molar-refractivity contribution in [3.63, 3.8) is 0 Å². The molecule has 31 heavy (non-hydrogen) atoms. The number of benzene rings is 3. The number of hydrogen-bond acceptors (Lipinski definition) is 5. The summed E-state index contributed by atoms with van der Waals surface area (Å²) in [6.07, 6.45) is 0. The average molecular weight is 436 g/mol. The van der Waals surface area contributed by atoms with E-state index >= 15 is 0 Å². The highest BCUT2D eigenvalue weighted by Gasteiger charge is 2.21. The van der Waals surface area contributed by atoms with Gasteiger partial charge in [0.1, 0.15) is 5.75 Å². The summed E-state index contributed by atoms with van der Waals surface area (Å²) in [5.74, 6) is 0.0766. The van der Waals surface area contributed by atoms with Gasteiger partial charge in [0.05, 0.1) is 22.2 Å². The zero-order valence-corrected chi connectivity index (χ0v) is 17.9. The summed E-state index contributed by atoms with van der Waals surface area (Å²) in [7, 11) is -2.20. The molecule has 0 aliphatic rings. The zero-order valence-electron chi connectivity index (χ0n) is 17.1. The Labute approximate surface area is 181 Å². The Morgan fingerprint density at radius 3 is 2.19 bits per heavy atom. The van der Waals surface area contributed by atoms with E-state index in [0.717, 1.165) is 5.56 Å². The highest BCUT2D eigenvalue weighted by Crippen LogP contribution is 2.24. The first-order chi connectivity index (χ1) is 14.8. The second-order valence-electron chi connectivity index (χ2n) is 6.81. The summed E-state index contributed by atoms with van der Waals surface area (Å²) in [6, 6.07) is 21.6. The number of carbonyl (C=O) groups excluding carboxylic acids is 1. The number of nitriles is 1. The third-order valence-corrected chi connectivity index (χ3v) is 6.35. The molecule has 0 saturated heterocycles. The van der Waals surface area contributed by atoms with Crippen molar-refractivity contribution in [2.24, 2.45) is 0 Å². The Hall–Kier alpha value is -3.83. The predicted molar refractivity (Wildman–Crippen MR) is 118 cm³/mol. The van der Waals surface area contributed by atoms with Crippen LogP contribution in [-0.4, -0.2) is 28.0 Å². The maximum atomic E-state index is 12.8. The fourth-order valence-corrected chi connectivity index (χ4v) is 3.93. The van der Waals surface area contributed by atoms with Crippen molar-refractivity contribution >= 4 is 27.3 Å². The van der Waals surface area contributed by atoms with Crippen LogP contribution in [0, 0.1) is 18.3 Å². The number of aryl methyl sites for hydroxylation is 1. The monoisotopic (exact) mass is 435 g/mol. The van der Waals surface area contributed by atoms with E-state index < -0.39 is 10.0 Å². The van der Waals surface area contributed by atoms with Gasteiger partial charge in [-0.3, -0.25) is 9.10 Å². The fourth-order valence-electron chi connectivity index (χ4n) is 2.73. The third kappa shape index (κ3) is 5.41. The molecule has 0 bridgehead atoms.